The molecule has 6 atom stereocenters. The molecule has 0 saturated carbocycles. The number of allylic oxidation sites excluding steroid dienone is 8. The summed E-state index contributed by atoms with van der Waals surface area (Å²) in [6.45, 7) is 9.58. The maximum absolute atomic E-state index is 12.8. The summed E-state index contributed by atoms with van der Waals surface area (Å²) in [4.78, 5) is 26.4. The molecule has 1 aliphatic rings. The molecular weight excluding hydrogens is 891 g/mol. The summed E-state index contributed by atoms with van der Waals surface area (Å²) in [5.41, 5.74) is 0. The number of nitrogens with one attached hydrogen (secondary N) is 2. The Bertz CT molecular complexity index is 1320. The normalized spacial score (nSPS) is 19.2. The van der Waals surface area contributed by atoms with Gasteiger partial charge in [-0.25, -0.2) is 0 Å². The molecule has 0 aliphatic carbocycles. The van der Waals surface area contributed by atoms with E-state index in [0.717, 1.165) is 45.1 Å². The first-order chi connectivity index (χ1) is 34.2. The first-order valence-electron chi connectivity index (χ1n) is 27.6. The predicted octanol–water partition coefficient (Wildman–Crippen LogP) is 9.06. The highest BCUT2D eigenvalue weighted by molar-refractivity contribution is 5.77. The van der Waals surface area contributed by atoms with Gasteiger partial charge in [0.1, 0.15) is 24.4 Å². The van der Waals surface area contributed by atoms with Crippen LogP contribution >= 0.6 is 0 Å². The molecule has 14 nitrogen and oxygen atoms in total. The molecule has 5 N–H and O–H groups in total. The standard InChI is InChI=1S/C56H103N3O11/c1-5-7-9-11-13-15-17-19-21-23-25-27-29-31-33-35-38-67-48-50(68-39-36-34-32-30-28-26-24-22-20-18-16-14-12-10-8-6-2)45-59(4)46-52(62)57-37-40-65-41-42-66-43-44-69-56-53(58-49(3)61)55(64)54(63)51(47-60)70-56/h13-16,19-22,50-51,53-56,60,63-64H,5-12,17-18,23-48H2,1-4H3,(H,57,62)(H,58,61)/b15-13-,16-14-,21-19-,22-20-/t50-,51?,53-,54-,55?,56+/m0/s1. The van der Waals surface area contributed by atoms with Gasteiger partial charge in [-0.05, 0) is 84.1 Å². The van der Waals surface area contributed by atoms with Crippen LogP contribution in [-0.2, 0) is 38.0 Å². The van der Waals surface area contributed by atoms with Crippen LogP contribution in [0.5, 0.6) is 0 Å². The third-order valence-corrected chi connectivity index (χ3v) is 12.1. The molecule has 1 fully saturated rings. The molecule has 0 aromatic heterocycles. The molecule has 1 saturated heterocycles. The van der Waals surface area contributed by atoms with Crippen molar-refractivity contribution in [3.05, 3.63) is 48.6 Å². The third-order valence-electron chi connectivity index (χ3n) is 12.1. The first kappa shape index (κ1) is 65.5. The van der Waals surface area contributed by atoms with Crippen molar-refractivity contribution in [3.63, 3.8) is 0 Å². The van der Waals surface area contributed by atoms with E-state index < -0.39 is 43.2 Å². The fourth-order valence-electron chi connectivity index (χ4n) is 8.03. The first-order valence-corrected chi connectivity index (χ1v) is 27.6. The van der Waals surface area contributed by atoms with Crippen molar-refractivity contribution in [3.8, 4) is 0 Å². The number of rotatable bonds is 49. The minimum atomic E-state index is -1.38. The quantitative estimate of drug-likeness (QED) is 0.0289. The molecule has 0 bridgehead atoms. The number of unbranched alkanes of at least 4 members (excludes halogenated alkanes) is 18. The second-order valence-corrected chi connectivity index (χ2v) is 18.8. The number of carbonyl (C=O) groups excluding carboxylic acids is 2. The Hall–Kier alpha value is -2.50. The lowest BCUT2D eigenvalue weighted by Crippen LogP contribution is -2.64. The van der Waals surface area contributed by atoms with Crippen molar-refractivity contribution in [2.45, 2.75) is 212 Å². The van der Waals surface area contributed by atoms with Gasteiger partial charge in [-0.3, -0.25) is 14.5 Å². The molecular formula is C56H103N3O11. The van der Waals surface area contributed by atoms with Crippen molar-refractivity contribution >= 4 is 11.8 Å². The molecule has 1 heterocycles. The molecule has 1 aliphatic heterocycles. The van der Waals surface area contributed by atoms with Crippen LogP contribution in [-0.4, -0.2) is 155 Å². The number of aliphatic hydroxyl groups excluding tert-OH is 3. The maximum atomic E-state index is 12.8. The monoisotopic (exact) mass is 994 g/mol. The van der Waals surface area contributed by atoms with E-state index in [1.54, 1.807) is 0 Å². The summed E-state index contributed by atoms with van der Waals surface area (Å²) < 4.78 is 34.9. The fourth-order valence-corrected chi connectivity index (χ4v) is 8.03. The average Bonchev–Trinajstić information content (AvgIpc) is 3.34. The SMILES string of the molecule is CCCCC/C=C\C/C=C\CCCCCCCCOC[C@H](CN(C)CC(=O)NCCOCCOCCO[C@@H]1OC(CO)[C@H](O)C(O)[C@@H]1NC(C)=O)OCCCCCCCC/C=C\C/C=C\CCCCC. The van der Waals surface area contributed by atoms with Gasteiger partial charge in [0.05, 0.1) is 58.9 Å². The lowest BCUT2D eigenvalue weighted by molar-refractivity contribution is -0.272. The Labute approximate surface area is 425 Å². The molecule has 70 heavy (non-hydrogen) atoms. The topological polar surface area (TPSA) is 178 Å². The average molecular weight is 994 g/mol. The Morgan fingerprint density at radius 1 is 0.614 bits per heavy atom. The van der Waals surface area contributed by atoms with E-state index >= 15 is 0 Å². The van der Waals surface area contributed by atoms with E-state index in [0.29, 0.717) is 39.5 Å². The summed E-state index contributed by atoms with van der Waals surface area (Å²) >= 11 is 0. The summed E-state index contributed by atoms with van der Waals surface area (Å²) in [5.74, 6) is -0.511. The highest BCUT2D eigenvalue weighted by Crippen LogP contribution is 2.22. The van der Waals surface area contributed by atoms with Crippen molar-refractivity contribution in [2.75, 3.05) is 86.1 Å². The minimum absolute atomic E-state index is 0.0800. The van der Waals surface area contributed by atoms with Crippen LogP contribution in [0.1, 0.15) is 175 Å². The molecule has 2 unspecified atom stereocenters. The zero-order valence-corrected chi connectivity index (χ0v) is 44.6. The Kier molecular flexibility index (Phi) is 45.6. The predicted molar refractivity (Wildman–Crippen MR) is 283 cm³/mol. The van der Waals surface area contributed by atoms with Gasteiger partial charge in [0.25, 0.3) is 0 Å². The third kappa shape index (κ3) is 39.1. The number of hydrogen-bond donors (Lipinski definition) is 5. The zero-order chi connectivity index (χ0) is 51.0. The van der Waals surface area contributed by atoms with E-state index in [-0.39, 0.29) is 38.4 Å². The number of carbonyl (C=O) groups is 2. The second kappa shape index (κ2) is 48.8. The number of likely N-dealkylation sites (N-methyl/N-ethyl adjacent to an activating group) is 1. The molecule has 0 spiro atoms. The molecule has 14 heteroatoms. The molecule has 0 radical (unpaired) electrons. The van der Waals surface area contributed by atoms with Crippen molar-refractivity contribution < 1.29 is 53.3 Å². The van der Waals surface area contributed by atoms with Gasteiger partial charge < -0.3 is 54.4 Å². The Balaban J connectivity index is 2.32. The minimum Gasteiger partial charge on any atom is -0.394 e. The van der Waals surface area contributed by atoms with Crippen molar-refractivity contribution in [1.29, 1.82) is 0 Å². The van der Waals surface area contributed by atoms with Gasteiger partial charge in [0.15, 0.2) is 6.29 Å². The van der Waals surface area contributed by atoms with Crippen LogP contribution in [0, 0.1) is 0 Å². The van der Waals surface area contributed by atoms with Crippen LogP contribution in [0.4, 0.5) is 0 Å². The highest BCUT2D eigenvalue weighted by atomic mass is 16.7. The van der Waals surface area contributed by atoms with Gasteiger partial charge in [0.2, 0.25) is 11.8 Å². The van der Waals surface area contributed by atoms with Gasteiger partial charge >= 0.3 is 0 Å². The maximum Gasteiger partial charge on any atom is 0.234 e. The van der Waals surface area contributed by atoms with Crippen LogP contribution in [0.2, 0.25) is 0 Å². The molecule has 2 amide bonds. The number of nitrogens with zero attached hydrogens (tertiary/aromatic N) is 1. The van der Waals surface area contributed by atoms with E-state index in [2.05, 4.69) is 73.1 Å². The molecule has 0 aromatic rings. The lowest BCUT2D eigenvalue weighted by atomic mass is 9.97. The second-order valence-electron chi connectivity index (χ2n) is 18.8. The van der Waals surface area contributed by atoms with Crippen LogP contribution in [0.15, 0.2) is 48.6 Å². The lowest BCUT2D eigenvalue weighted by Gasteiger charge is -2.42. The van der Waals surface area contributed by atoms with Crippen LogP contribution in [0.3, 0.4) is 0 Å². The zero-order valence-electron chi connectivity index (χ0n) is 44.6. The highest BCUT2D eigenvalue weighted by Gasteiger charge is 2.45. The number of hydrogen-bond acceptors (Lipinski definition) is 12. The van der Waals surface area contributed by atoms with Crippen molar-refractivity contribution in [1.82, 2.24) is 15.5 Å². The van der Waals surface area contributed by atoms with Gasteiger partial charge in [-0.2, -0.15) is 0 Å². The van der Waals surface area contributed by atoms with E-state index in [1.165, 1.54) is 122 Å². The number of aliphatic hydroxyl groups is 3. The van der Waals surface area contributed by atoms with Gasteiger partial charge in [0, 0.05) is 33.2 Å². The van der Waals surface area contributed by atoms with E-state index in [1.807, 2.05) is 11.9 Å². The summed E-state index contributed by atoms with van der Waals surface area (Å²) in [5, 5.41) is 35.5. The molecule has 408 valence electrons. The number of ether oxygens (including phenoxy) is 6. The van der Waals surface area contributed by atoms with Gasteiger partial charge in [-0.15, -0.1) is 0 Å². The summed E-state index contributed by atoms with van der Waals surface area (Å²) in [7, 11) is 1.94. The van der Waals surface area contributed by atoms with E-state index in [9.17, 15) is 24.9 Å². The van der Waals surface area contributed by atoms with Gasteiger partial charge in [-0.1, -0.05) is 140 Å². The summed E-state index contributed by atoms with van der Waals surface area (Å²) in [6, 6.07) is -1.01. The number of amides is 2. The molecule has 0 aromatic carbocycles. The Morgan fingerprint density at radius 3 is 1.66 bits per heavy atom. The van der Waals surface area contributed by atoms with E-state index in [4.69, 9.17) is 28.4 Å². The van der Waals surface area contributed by atoms with Crippen LogP contribution in [0.25, 0.3) is 0 Å². The smallest absolute Gasteiger partial charge is 0.234 e. The fraction of sp³-hybridized carbons (Fsp3) is 0.821. The summed E-state index contributed by atoms with van der Waals surface area (Å²) in [6.07, 6.45) is 42.6. The van der Waals surface area contributed by atoms with Crippen molar-refractivity contribution in [2.24, 2.45) is 0 Å². The Morgan fingerprint density at radius 2 is 1.11 bits per heavy atom. The largest absolute Gasteiger partial charge is 0.394 e. The molecule has 1 rings (SSSR count). The van der Waals surface area contributed by atoms with Crippen LogP contribution < -0.4 is 10.6 Å².